The standard InChI is InChI=1S/C9H17N3O/c1-3-12(2)5-4-10-6-9-7-11-13-8-9/h7-8,10H,3-6H2,1-2H3. The van der Waals surface area contributed by atoms with Crippen molar-refractivity contribution < 1.29 is 4.52 Å². The van der Waals surface area contributed by atoms with Gasteiger partial charge in [-0.2, -0.15) is 0 Å². The van der Waals surface area contributed by atoms with E-state index in [-0.39, 0.29) is 0 Å². The molecule has 13 heavy (non-hydrogen) atoms. The largest absolute Gasteiger partial charge is 0.364 e. The van der Waals surface area contributed by atoms with Crippen molar-refractivity contribution in [2.75, 3.05) is 26.7 Å². The van der Waals surface area contributed by atoms with Gasteiger partial charge in [0.15, 0.2) is 0 Å². The lowest BCUT2D eigenvalue weighted by Gasteiger charge is -2.13. The van der Waals surface area contributed by atoms with E-state index in [4.69, 9.17) is 4.52 Å². The van der Waals surface area contributed by atoms with Crippen LogP contribution in [0.1, 0.15) is 12.5 Å². The van der Waals surface area contributed by atoms with Gasteiger partial charge in [-0.05, 0) is 13.6 Å². The molecule has 4 heteroatoms. The first-order chi connectivity index (χ1) is 6.33. The molecule has 0 aromatic carbocycles. The highest BCUT2D eigenvalue weighted by molar-refractivity contribution is 4.98. The van der Waals surface area contributed by atoms with Crippen molar-refractivity contribution in [1.82, 2.24) is 15.4 Å². The first-order valence-corrected chi connectivity index (χ1v) is 4.60. The number of rotatable bonds is 6. The molecule has 1 rings (SSSR count). The fourth-order valence-corrected chi connectivity index (χ4v) is 0.975. The van der Waals surface area contributed by atoms with E-state index in [1.165, 1.54) is 0 Å². The highest BCUT2D eigenvalue weighted by atomic mass is 16.5. The minimum Gasteiger partial charge on any atom is -0.364 e. The summed E-state index contributed by atoms with van der Waals surface area (Å²) in [6.45, 7) is 6.15. The molecule has 0 atom stereocenters. The van der Waals surface area contributed by atoms with Crippen LogP contribution in [0.15, 0.2) is 17.0 Å². The maximum Gasteiger partial charge on any atom is 0.128 e. The Morgan fingerprint density at radius 2 is 2.46 bits per heavy atom. The van der Waals surface area contributed by atoms with Gasteiger partial charge in [0.1, 0.15) is 6.26 Å². The molecule has 0 aliphatic rings. The molecular formula is C9H17N3O. The molecule has 0 aliphatic carbocycles. The van der Waals surface area contributed by atoms with Crippen molar-refractivity contribution >= 4 is 0 Å². The second kappa shape index (κ2) is 5.72. The molecule has 0 spiro atoms. The van der Waals surface area contributed by atoms with Crippen LogP contribution < -0.4 is 5.32 Å². The summed E-state index contributed by atoms with van der Waals surface area (Å²) in [5.74, 6) is 0. The van der Waals surface area contributed by atoms with E-state index in [0.717, 1.165) is 31.7 Å². The first-order valence-electron chi connectivity index (χ1n) is 4.60. The van der Waals surface area contributed by atoms with Crippen LogP contribution in [0.3, 0.4) is 0 Å². The van der Waals surface area contributed by atoms with E-state index >= 15 is 0 Å². The molecule has 4 nitrogen and oxygen atoms in total. The first kappa shape index (κ1) is 10.2. The van der Waals surface area contributed by atoms with Crippen LogP contribution in [-0.2, 0) is 6.54 Å². The fourth-order valence-electron chi connectivity index (χ4n) is 0.975. The van der Waals surface area contributed by atoms with Gasteiger partial charge in [0.2, 0.25) is 0 Å². The van der Waals surface area contributed by atoms with Gasteiger partial charge >= 0.3 is 0 Å². The minimum atomic E-state index is 0.834. The summed E-state index contributed by atoms with van der Waals surface area (Å²) in [6.07, 6.45) is 3.40. The van der Waals surface area contributed by atoms with Crippen LogP contribution in [0.4, 0.5) is 0 Å². The molecule has 0 aliphatic heterocycles. The summed E-state index contributed by atoms with van der Waals surface area (Å²) in [5.41, 5.74) is 1.10. The third-order valence-corrected chi connectivity index (χ3v) is 2.02. The van der Waals surface area contributed by atoms with Gasteiger partial charge in [-0.1, -0.05) is 12.1 Å². The summed E-state index contributed by atoms with van der Waals surface area (Å²) in [6, 6.07) is 0. The summed E-state index contributed by atoms with van der Waals surface area (Å²) in [4.78, 5) is 2.26. The molecule has 74 valence electrons. The van der Waals surface area contributed by atoms with E-state index in [2.05, 4.69) is 29.3 Å². The van der Waals surface area contributed by atoms with Gasteiger partial charge in [-0.15, -0.1) is 0 Å². The van der Waals surface area contributed by atoms with Crippen molar-refractivity contribution in [3.63, 3.8) is 0 Å². The van der Waals surface area contributed by atoms with Crippen molar-refractivity contribution in [2.24, 2.45) is 0 Å². The lowest BCUT2D eigenvalue weighted by atomic mass is 10.3. The highest BCUT2D eigenvalue weighted by Crippen LogP contribution is 1.94. The highest BCUT2D eigenvalue weighted by Gasteiger charge is 1.95. The minimum absolute atomic E-state index is 0.834. The number of aromatic nitrogens is 1. The van der Waals surface area contributed by atoms with Crippen molar-refractivity contribution in [1.29, 1.82) is 0 Å². The van der Waals surface area contributed by atoms with Crippen LogP contribution in [0.25, 0.3) is 0 Å². The van der Waals surface area contributed by atoms with Crippen LogP contribution in [-0.4, -0.2) is 36.7 Å². The molecule has 0 bridgehead atoms. The molecule has 0 fully saturated rings. The van der Waals surface area contributed by atoms with Gasteiger partial charge in [0.05, 0.1) is 6.20 Å². The molecule has 1 heterocycles. The zero-order valence-corrected chi connectivity index (χ0v) is 8.29. The number of nitrogens with zero attached hydrogens (tertiary/aromatic N) is 2. The molecule has 1 aromatic heterocycles. The summed E-state index contributed by atoms with van der Waals surface area (Å²) < 4.78 is 4.71. The number of nitrogens with one attached hydrogen (secondary N) is 1. The molecule has 0 unspecified atom stereocenters. The maximum absolute atomic E-state index is 4.71. The average Bonchev–Trinajstić information content (AvgIpc) is 2.64. The zero-order valence-electron chi connectivity index (χ0n) is 8.29. The quantitative estimate of drug-likeness (QED) is 0.660. The van der Waals surface area contributed by atoms with Crippen LogP contribution in [0.2, 0.25) is 0 Å². The lowest BCUT2D eigenvalue weighted by molar-refractivity contribution is 0.348. The van der Waals surface area contributed by atoms with Gasteiger partial charge in [0, 0.05) is 25.2 Å². The van der Waals surface area contributed by atoms with Crippen LogP contribution in [0, 0.1) is 0 Å². The Morgan fingerprint density at radius 1 is 1.62 bits per heavy atom. The van der Waals surface area contributed by atoms with Gasteiger partial charge in [0.25, 0.3) is 0 Å². The lowest BCUT2D eigenvalue weighted by Crippen LogP contribution is -2.28. The molecular weight excluding hydrogens is 166 g/mol. The van der Waals surface area contributed by atoms with Crippen LogP contribution in [0.5, 0.6) is 0 Å². The molecule has 0 amide bonds. The topological polar surface area (TPSA) is 41.3 Å². The smallest absolute Gasteiger partial charge is 0.128 e. The van der Waals surface area contributed by atoms with Gasteiger partial charge in [-0.3, -0.25) is 0 Å². The fraction of sp³-hybridized carbons (Fsp3) is 0.667. The Balaban J connectivity index is 2.02. The summed E-state index contributed by atoms with van der Waals surface area (Å²) in [5, 5.41) is 6.94. The normalized spacial score (nSPS) is 11.0. The third-order valence-electron chi connectivity index (χ3n) is 2.02. The average molecular weight is 183 g/mol. The molecule has 0 saturated heterocycles. The van der Waals surface area contributed by atoms with E-state index in [1.54, 1.807) is 12.5 Å². The van der Waals surface area contributed by atoms with E-state index in [0.29, 0.717) is 0 Å². The number of hydrogen-bond acceptors (Lipinski definition) is 4. The van der Waals surface area contributed by atoms with Crippen LogP contribution >= 0.6 is 0 Å². The molecule has 0 saturated carbocycles. The Labute approximate surface area is 78.9 Å². The zero-order chi connectivity index (χ0) is 9.52. The monoisotopic (exact) mass is 183 g/mol. The SMILES string of the molecule is CCN(C)CCNCc1cnoc1. The molecule has 1 N–H and O–H groups in total. The van der Waals surface area contributed by atoms with Crippen molar-refractivity contribution in [3.8, 4) is 0 Å². The maximum atomic E-state index is 4.71. The predicted octanol–water partition coefficient (Wildman–Crippen LogP) is 0.716. The van der Waals surface area contributed by atoms with Crippen molar-refractivity contribution in [3.05, 3.63) is 18.0 Å². The summed E-state index contributed by atoms with van der Waals surface area (Å²) in [7, 11) is 2.11. The third kappa shape index (κ3) is 4.05. The molecule has 0 radical (unpaired) electrons. The molecule has 1 aromatic rings. The second-order valence-corrected chi connectivity index (χ2v) is 3.11. The van der Waals surface area contributed by atoms with Gasteiger partial charge in [-0.25, -0.2) is 0 Å². The Kier molecular flexibility index (Phi) is 4.49. The second-order valence-electron chi connectivity index (χ2n) is 3.11. The van der Waals surface area contributed by atoms with E-state index in [9.17, 15) is 0 Å². The Morgan fingerprint density at radius 3 is 3.08 bits per heavy atom. The van der Waals surface area contributed by atoms with E-state index < -0.39 is 0 Å². The van der Waals surface area contributed by atoms with E-state index in [1.807, 2.05) is 0 Å². The summed E-state index contributed by atoms with van der Waals surface area (Å²) >= 11 is 0. The van der Waals surface area contributed by atoms with Crippen molar-refractivity contribution in [2.45, 2.75) is 13.5 Å². The van der Waals surface area contributed by atoms with Gasteiger partial charge < -0.3 is 14.7 Å². The predicted molar refractivity (Wildman–Crippen MR) is 51.4 cm³/mol. The Hall–Kier alpha value is -0.870. The Bertz CT molecular complexity index is 211. The number of hydrogen-bond donors (Lipinski definition) is 1. The number of likely N-dealkylation sites (N-methyl/N-ethyl adjacent to an activating group) is 1.